The van der Waals surface area contributed by atoms with E-state index >= 15 is 0 Å². The molecular formula is C17H9BrClN3OS. The lowest BCUT2D eigenvalue weighted by Gasteiger charge is -1.97. The van der Waals surface area contributed by atoms with E-state index in [1.54, 1.807) is 12.1 Å². The van der Waals surface area contributed by atoms with Gasteiger partial charge in [0.1, 0.15) is 0 Å². The minimum Gasteiger partial charge on any atom is -0.266 e. The number of rotatable bonds is 2. The highest BCUT2D eigenvalue weighted by molar-refractivity contribution is 9.10. The molecule has 0 bridgehead atoms. The number of nitrogens with zero attached hydrogens (tertiary/aromatic N) is 3. The van der Waals surface area contributed by atoms with Crippen LogP contribution in [-0.2, 0) is 0 Å². The zero-order valence-electron chi connectivity index (χ0n) is 12.1. The van der Waals surface area contributed by atoms with Crippen molar-refractivity contribution in [3.8, 4) is 11.4 Å². The molecule has 0 saturated heterocycles. The lowest BCUT2D eigenvalue weighted by atomic mass is 10.2. The van der Waals surface area contributed by atoms with Gasteiger partial charge in [-0.3, -0.25) is 4.79 Å². The van der Waals surface area contributed by atoms with Crippen LogP contribution in [0, 0.1) is 0 Å². The summed E-state index contributed by atoms with van der Waals surface area (Å²) in [5.74, 6) is 0.523. The second kappa shape index (κ2) is 6.12. The Hall–Kier alpha value is -2.02. The van der Waals surface area contributed by atoms with Gasteiger partial charge in [0.25, 0.3) is 5.56 Å². The molecule has 4 nitrogen and oxygen atoms in total. The lowest BCUT2D eigenvalue weighted by Crippen LogP contribution is -2.23. The molecule has 0 aliphatic heterocycles. The predicted molar refractivity (Wildman–Crippen MR) is 101 cm³/mol. The first kappa shape index (κ1) is 15.5. The van der Waals surface area contributed by atoms with E-state index in [0.717, 1.165) is 15.6 Å². The maximum atomic E-state index is 12.6. The summed E-state index contributed by atoms with van der Waals surface area (Å²) in [5.41, 5.74) is 1.46. The van der Waals surface area contributed by atoms with E-state index < -0.39 is 0 Å². The summed E-state index contributed by atoms with van der Waals surface area (Å²) >= 11 is 10.9. The van der Waals surface area contributed by atoms with Crippen LogP contribution in [0.15, 0.2) is 57.8 Å². The predicted octanol–water partition coefficient (Wildman–Crippen LogP) is 3.78. The second-order valence-corrected chi connectivity index (χ2v) is 7.32. The third kappa shape index (κ3) is 2.66. The lowest BCUT2D eigenvalue weighted by molar-refractivity contribution is 0.936. The van der Waals surface area contributed by atoms with E-state index in [2.05, 4.69) is 26.0 Å². The van der Waals surface area contributed by atoms with Gasteiger partial charge in [0, 0.05) is 15.1 Å². The van der Waals surface area contributed by atoms with E-state index in [0.29, 0.717) is 20.3 Å². The summed E-state index contributed by atoms with van der Waals surface area (Å²) in [6, 6.07) is 15.0. The number of benzene rings is 2. The number of hydrogen-bond acceptors (Lipinski definition) is 4. The van der Waals surface area contributed by atoms with Gasteiger partial charge in [-0.1, -0.05) is 69.2 Å². The highest BCUT2D eigenvalue weighted by Crippen LogP contribution is 2.25. The summed E-state index contributed by atoms with van der Waals surface area (Å²) in [6.07, 6.45) is 1.77. The van der Waals surface area contributed by atoms with Crippen molar-refractivity contribution in [2.45, 2.75) is 0 Å². The number of fused-ring (bicyclic) bond motifs is 1. The molecule has 0 N–H and O–H groups in total. The van der Waals surface area contributed by atoms with Gasteiger partial charge in [-0.2, -0.15) is 9.50 Å². The molecule has 0 radical (unpaired) electrons. The molecule has 0 saturated carbocycles. The van der Waals surface area contributed by atoms with E-state index in [9.17, 15) is 4.79 Å². The van der Waals surface area contributed by atoms with Crippen LogP contribution in [0.1, 0.15) is 5.56 Å². The highest BCUT2D eigenvalue weighted by Gasteiger charge is 2.13. The van der Waals surface area contributed by atoms with Gasteiger partial charge in [-0.15, -0.1) is 5.10 Å². The maximum absolute atomic E-state index is 12.6. The molecule has 0 atom stereocenters. The van der Waals surface area contributed by atoms with Crippen molar-refractivity contribution in [1.29, 1.82) is 0 Å². The molecule has 118 valence electrons. The first-order chi connectivity index (χ1) is 11.6. The Morgan fingerprint density at radius 2 is 1.88 bits per heavy atom. The molecule has 24 heavy (non-hydrogen) atoms. The Balaban J connectivity index is 1.87. The van der Waals surface area contributed by atoms with Crippen LogP contribution >= 0.6 is 38.9 Å². The smallest absolute Gasteiger partial charge is 0.266 e. The van der Waals surface area contributed by atoms with Crippen molar-refractivity contribution in [2.24, 2.45) is 0 Å². The fraction of sp³-hybridized carbons (Fsp3) is 0. The van der Waals surface area contributed by atoms with Crippen molar-refractivity contribution in [1.82, 2.24) is 14.6 Å². The number of aromatic nitrogens is 3. The largest absolute Gasteiger partial charge is 0.291 e. The molecule has 2 aromatic carbocycles. The number of halogens is 2. The molecule has 0 fully saturated rings. The van der Waals surface area contributed by atoms with E-state index in [1.807, 2.05) is 42.5 Å². The van der Waals surface area contributed by atoms with Gasteiger partial charge in [0.2, 0.25) is 4.96 Å². The zero-order chi connectivity index (χ0) is 16.7. The zero-order valence-corrected chi connectivity index (χ0v) is 15.3. The van der Waals surface area contributed by atoms with E-state index in [-0.39, 0.29) is 5.56 Å². The number of hydrogen-bond donors (Lipinski definition) is 0. The van der Waals surface area contributed by atoms with Gasteiger partial charge in [-0.05, 0) is 29.8 Å². The summed E-state index contributed by atoms with van der Waals surface area (Å²) in [4.78, 5) is 17.6. The quantitative estimate of drug-likeness (QED) is 0.498. The fourth-order valence-corrected chi connectivity index (χ4v) is 3.87. The minimum atomic E-state index is -0.194. The molecule has 0 aliphatic rings. The van der Waals surface area contributed by atoms with Gasteiger partial charge >= 0.3 is 0 Å². The van der Waals surface area contributed by atoms with E-state index in [1.165, 1.54) is 15.9 Å². The van der Waals surface area contributed by atoms with Gasteiger partial charge in [-0.25, -0.2) is 0 Å². The Morgan fingerprint density at radius 3 is 2.62 bits per heavy atom. The van der Waals surface area contributed by atoms with Crippen LogP contribution in [-0.4, -0.2) is 14.6 Å². The molecule has 0 amide bonds. The van der Waals surface area contributed by atoms with Crippen molar-refractivity contribution < 1.29 is 0 Å². The minimum absolute atomic E-state index is 0.194. The van der Waals surface area contributed by atoms with E-state index in [4.69, 9.17) is 11.6 Å². The third-order valence-electron chi connectivity index (χ3n) is 3.49. The second-order valence-electron chi connectivity index (χ2n) is 5.05. The van der Waals surface area contributed by atoms with Gasteiger partial charge in [0.15, 0.2) is 5.82 Å². The first-order valence-electron chi connectivity index (χ1n) is 7.04. The Morgan fingerprint density at radius 1 is 1.12 bits per heavy atom. The molecule has 4 aromatic rings. The molecule has 2 aromatic heterocycles. The molecule has 0 unspecified atom stereocenters. The van der Waals surface area contributed by atoms with Crippen LogP contribution < -0.4 is 10.1 Å². The molecule has 0 aliphatic carbocycles. The van der Waals surface area contributed by atoms with Crippen LogP contribution in [0.3, 0.4) is 0 Å². The highest BCUT2D eigenvalue weighted by atomic mass is 79.9. The fourth-order valence-electron chi connectivity index (χ4n) is 2.32. The molecular weight excluding hydrogens is 410 g/mol. The number of thiazole rings is 1. The normalized spacial score (nSPS) is 12.2. The van der Waals surface area contributed by atoms with Crippen molar-refractivity contribution >= 4 is 49.9 Å². The van der Waals surface area contributed by atoms with Crippen molar-refractivity contribution in [3.63, 3.8) is 0 Å². The van der Waals surface area contributed by atoms with Crippen LogP contribution in [0.2, 0.25) is 5.02 Å². The Kier molecular flexibility index (Phi) is 3.96. The van der Waals surface area contributed by atoms with Crippen molar-refractivity contribution in [2.75, 3.05) is 0 Å². The van der Waals surface area contributed by atoms with Crippen LogP contribution in [0.5, 0.6) is 0 Å². The van der Waals surface area contributed by atoms with Gasteiger partial charge < -0.3 is 0 Å². The molecule has 2 heterocycles. The summed E-state index contributed by atoms with van der Waals surface area (Å²) in [7, 11) is 0. The maximum Gasteiger partial charge on any atom is 0.291 e. The summed E-state index contributed by atoms with van der Waals surface area (Å²) in [5, 5.41) is 4.95. The molecule has 0 spiro atoms. The average molecular weight is 419 g/mol. The molecule has 4 rings (SSSR count). The molecule has 7 heteroatoms. The topological polar surface area (TPSA) is 47.3 Å². The summed E-state index contributed by atoms with van der Waals surface area (Å²) in [6.45, 7) is 0. The summed E-state index contributed by atoms with van der Waals surface area (Å²) < 4.78 is 2.78. The SMILES string of the molecule is O=c1c(=Cc2ccccc2Cl)sc2nc(-c3ccccc3Br)nn12. The Bertz CT molecular complexity index is 1170. The van der Waals surface area contributed by atoms with Crippen LogP contribution in [0.4, 0.5) is 0 Å². The third-order valence-corrected chi connectivity index (χ3v) is 5.48. The average Bonchev–Trinajstić information content (AvgIpc) is 3.10. The first-order valence-corrected chi connectivity index (χ1v) is 9.03. The standard InChI is InChI=1S/C17H9BrClN3OS/c18-12-7-3-2-6-11(12)15-20-17-22(21-15)16(23)14(24-17)9-10-5-1-4-8-13(10)19/h1-9H. The monoisotopic (exact) mass is 417 g/mol. The Labute approximate surface area is 154 Å². The van der Waals surface area contributed by atoms with Crippen LogP contribution in [0.25, 0.3) is 22.4 Å². The van der Waals surface area contributed by atoms with Crippen molar-refractivity contribution in [3.05, 3.63) is 78.5 Å². The van der Waals surface area contributed by atoms with Gasteiger partial charge in [0.05, 0.1) is 4.53 Å².